The molecule has 3 rings (SSSR count). The number of aromatic nitrogens is 2. The summed E-state index contributed by atoms with van der Waals surface area (Å²) in [5.41, 5.74) is 2.96. The second-order valence-corrected chi connectivity index (χ2v) is 5.40. The summed E-state index contributed by atoms with van der Waals surface area (Å²) in [5, 5.41) is 7.72. The third-order valence-electron chi connectivity index (χ3n) is 3.51. The van der Waals surface area contributed by atoms with Crippen LogP contribution in [0.5, 0.6) is 0 Å². The number of nitrogens with zero attached hydrogens (tertiary/aromatic N) is 3. The zero-order valence-corrected chi connectivity index (χ0v) is 13.2. The van der Waals surface area contributed by atoms with Crippen LogP contribution in [0.25, 0.3) is 6.08 Å². The number of hydrogen-bond acceptors (Lipinski definition) is 3. The van der Waals surface area contributed by atoms with Gasteiger partial charge in [0.1, 0.15) is 5.70 Å². The molecule has 1 N–H and O–H groups in total. The molecular weight excluding hydrogens is 296 g/mol. The first kappa shape index (κ1) is 14.5. The highest BCUT2D eigenvalue weighted by Gasteiger charge is 2.32. The number of para-hydroxylation sites is 1. The summed E-state index contributed by atoms with van der Waals surface area (Å²) < 4.78 is 1.81. The molecule has 1 amide bonds. The molecule has 0 aliphatic carbocycles. The number of carbonyl (C=O) groups excluding carboxylic acids is 1. The second-order valence-electron chi connectivity index (χ2n) is 5.01. The van der Waals surface area contributed by atoms with E-state index in [1.807, 2.05) is 55.1 Å². The Kier molecular flexibility index (Phi) is 3.77. The molecule has 2 heterocycles. The fourth-order valence-electron chi connectivity index (χ4n) is 2.35. The topological polar surface area (TPSA) is 50.2 Å². The molecule has 6 heteroatoms. The van der Waals surface area contributed by atoms with Gasteiger partial charge in [0.15, 0.2) is 5.11 Å². The van der Waals surface area contributed by atoms with Crippen LogP contribution in [0, 0.1) is 6.92 Å². The predicted molar refractivity (Wildman–Crippen MR) is 90.3 cm³/mol. The standard InChI is InChI=1S/C16H16N4OS/c1-3-19-9-8-12(18-19)10-13-15(21)20(16(22)17-13)14-7-5-4-6-11(14)2/h4-10H,3H2,1-2H3,(H,17,22)/b13-10+. The van der Waals surface area contributed by atoms with E-state index < -0.39 is 0 Å². The summed E-state index contributed by atoms with van der Waals surface area (Å²) >= 11 is 5.31. The predicted octanol–water partition coefficient (Wildman–Crippen LogP) is 2.47. The van der Waals surface area contributed by atoms with Crippen LogP contribution >= 0.6 is 12.2 Å². The largest absolute Gasteiger partial charge is 0.327 e. The van der Waals surface area contributed by atoms with Crippen LogP contribution in [0.2, 0.25) is 0 Å². The summed E-state index contributed by atoms with van der Waals surface area (Å²) in [6.45, 7) is 4.76. The number of rotatable bonds is 3. The summed E-state index contributed by atoms with van der Waals surface area (Å²) in [6, 6.07) is 9.53. The normalized spacial score (nSPS) is 16.5. The van der Waals surface area contributed by atoms with Crippen molar-refractivity contribution in [2.45, 2.75) is 20.4 Å². The number of thiocarbonyl (C=S) groups is 1. The van der Waals surface area contributed by atoms with Crippen molar-refractivity contribution in [2.75, 3.05) is 4.90 Å². The Hall–Kier alpha value is -2.47. The van der Waals surface area contributed by atoms with Crippen LogP contribution in [0.15, 0.2) is 42.2 Å². The van der Waals surface area contributed by atoms with Gasteiger partial charge in [-0.15, -0.1) is 0 Å². The van der Waals surface area contributed by atoms with E-state index in [0.29, 0.717) is 10.8 Å². The minimum atomic E-state index is -0.162. The SMILES string of the molecule is CCn1ccc(/C=C2/NC(=S)N(c3ccccc3C)C2=O)n1. The molecule has 5 nitrogen and oxygen atoms in total. The van der Waals surface area contributed by atoms with Gasteiger partial charge in [0.2, 0.25) is 0 Å². The molecule has 0 spiro atoms. The second kappa shape index (κ2) is 5.73. The number of amides is 1. The van der Waals surface area contributed by atoms with Gasteiger partial charge in [-0.25, -0.2) is 0 Å². The molecule has 1 aromatic heterocycles. The number of anilines is 1. The molecule has 2 aromatic rings. The van der Waals surface area contributed by atoms with Crippen molar-refractivity contribution in [3.63, 3.8) is 0 Å². The van der Waals surface area contributed by atoms with Crippen molar-refractivity contribution in [1.29, 1.82) is 0 Å². The van der Waals surface area contributed by atoms with Crippen molar-refractivity contribution in [2.24, 2.45) is 0 Å². The first-order chi connectivity index (χ1) is 10.6. The molecule has 1 aromatic carbocycles. The lowest BCUT2D eigenvalue weighted by Crippen LogP contribution is -2.30. The smallest absolute Gasteiger partial charge is 0.281 e. The van der Waals surface area contributed by atoms with Crippen molar-refractivity contribution in [3.05, 3.63) is 53.5 Å². The van der Waals surface area contributed by atoms with E-state index in [0.717, 1.165) is 23.5 Å². The molecule has 0 atom stereocenters. The Morgan fingerprint density at radius 1 is 1.32 bits per heavy atom. The molecule has 0 bridgehead atoms. The first-order valence-corrected chi connectivity index (χ1v) is 7.47. The third kappa shape index (κ3) is 2.53. The lowest BCUT2D eigenvalue weighted by Gasteiger charge is -2.16. The zero-order valence-electron chi connectivity index (χ0n) is 12.4. The van der Waals surface area contributed by atoms with Gasteiger partial charge in [0, 0.05) is 12.7 Å². The monoisotopic (exact) mass is 312 g/mol. The van der Waals surface area contributed by atoms with Crippen LogP contribution in [0.4, 0.5) is 5.69 Å². The third-order valence-corrected chi connectivity index (χ3v) is 3.80. The maximum atomic E-state index is 12.6. The maximum Gasteiger partial charge on any atom is 0.281 e. The molecule has 22 heavy (non-hydrogen) atoms. The van der Waals surface area contributed by atoms with Gasteiger partial charge in [-0.1, -0.05) is 18.2 Å². The highest BCUT2D eigenvalue weighted by Crippen LogP contribution is 2.25. The first-order valence-electron chi connectivity index (χ1n) is 7.06. The molecule has 1 saturated heterocycles. The molecule has 1 aliphatic rings. The molecule has 0 unspecified atom stereocenters. The Morgan fingerprint density at radius 3 is 2.77 bits per heavy atom. The van der Waals surface area contributed by atoms with E-state index in [-0.39, 0.29) is 5.91 Å². The van der Waals surface area contributed by atoms with Gasteiger partial charge in [-0.2, -0.15) is 5.10 Å². The summed E-state index contributed by atoms with van der Waals surface area (Å²) in [4.78, 5) is 14.1. The lowest BCUT2D eigenvalue weighted by molar-refractivity contribution is -0.113. The minimum absolute atomic E-state index is 0.162. The Bertz CT molecular complexity index is 778. The fourth-order valence-corrected chi connectivity index (χ4v) is 2.64. The van der Waals surface area contributed by atoms with Gasteiger partial charge in [0.25, 0.3) is 5.91 Å². The molecule has 0 radical (unpaired) electrons. The van der Waals surface area contributed by atoms with E-state index in [1.54, 1.807) is 6.08 Å². The molecule has 112 valence electrons. The van der Waals surface area contributed by atoms with Crippen molar-refractivity contribution in [1.82, 2.24) is 15.1 Å². The molecular formula is C16H16N4OS. The zero-order chi connectivity index (χ0) is 15.7. The minimum Gasteiger partial charge on any atom is -0.327 e. The highest BCUT2D eigenvalue weighted by atomic mass is 32.1. The van der Waals surface area contributed by atoms with Crippen molar-refractivity contribution < 1.29 is 4.79 Å². The lowest BCUT2D eigenvalue weighted by atomic mass is 10.2. The van der Waals surface area contributed by atoms with E-state index >= 15 is 0 Å². The average Bonchev–Trinajstić information content (AvgIpc) is 3.06. The van der Waals surface area contributed by atoms with Crippen LogP contribution in [0.1, 0.15) is 18.2 Å². The van der Waals surface area contributed by atoms with Gasteiger partial charge < -0.3 is 5.32 Å². The Morgan fingerprint density at radius 2 is 2.09 bits per heavy atom. The number of carbonyl (C=O) groups is 1. The van der Waals surface area contributed by atoms with Gasteiger partial charge in [0.05, 0.1) is 11.4 Å². The number of aryl methyl sites for hydroxylation is 2. The molecule has 0 saturated carbocycles. The van der Waals surface area contributed by atoms with Crippen LogP contribution in [-0.2, 0) is 11.3 Å². The van der Waals surface area contributed by atoms with E-state index in [9.17, 15) is 4.79 Å². The Balaban J connectivity index is 1.93. The Labute approximate surface area is 134 Å². The van der Waals surface area contributed by atoms with Crippen LogP contribution < -0.4 is 10.2 Å². The number of hydrogen-bond donors (Lipinski definition) is 1. The summed E-state index contributed by atoms with van der Waals surface area (Å²) in [6.07, 6.45) is 3.60. The van der Waals surface area contributed by atoms with Crippen LogP contribution in [0.3, 0.4) is 0 Å². The summed E-state index contributed by atoms with van der Waals surface area (Å²) in [7, 11) is 0. The fraction of sp³-hybridized carbons (Fsp3) is 0.188. The van der Waals surface area contributed by atoms with Crippen molar-refractivity contribution >= 4 is 35.0 Å². The van der Waals surface area contributed by atoms with E-state index in [1.165, 1.54) is 4.90 Å². The number of benzene rings is 1. The maximum absolute atomic E-state index is 12.6. The van der Waals surface area contributed by atoms with Gasteiger partial charge >= 0.3 is 0 Å². The van der Waals surface area contributed by atoms with Crippen molar-refractivity contribution in [3.8, 4) is 0 Å². The van der Waals surface area contributed by atoms with E-state index in [2.05, 4.69) is 10.4 Å². The quantitative estimate of drug-likeness (QED) is 0.699. The van der Waals surface area contributed by atoms with Gasteiger partial charge in [-0.05, 0) is 49.8 Å². The molecule has 1 fully saturated rings. The molecule has 1 aliphatic heterocycles. The highest BCUT2D eigenvalue weighted by molar-refractivity contribution is 7.80. The average molecular weight is 312 g/mol. The van der Waals surface area contributed by atoms with Gasteiger partial charge in [-0.3, -0.25) is 14.4 Å². The summed E-state index contributed by atoms with van der Waals surface area (Å²) in [5.74, 6) is -0.162. The van der Waals surface area contributed by atoms with Crippen LogP contribution in [-0.4, -0.2) is 20.8 Å². The van der Waals surface area contributed by atoms with E-state index in [4.69, 9.17) is 12.2 Å². The number of nitrogens with one attached hydrogen (secondary N) is 1.